The first kappa shape index (κ1) is 52.1. The Labute approximate surface area is 286 Å². The molecule has 0 aliphatic carbocycles. The van der Waals surface area contributed by atoms with Crippen LogP contribution in [0, 0.1) is 5.92 Å². The number of hydrogen-bond acceptors (Lipinski definition) is 6. The topological polar surface area (TPSA) is 55.4 Å². The summed E-state index contributed by atoms with van der Waals surface area (Å²) in [4.78, 5) is 0. The quantitative estimate of drug-likeness (QED) is 0.0756. The van der Waals surface area contributed by atoms with Gasteiger partial charge in [-0.2, -0.15) is 74.6 Å². The predicted octanol–water partition coefficient (Wildman–Crippen LogP) is 10.1. The van der Waals surface area contributed by atoms with E-state index in [9.17, 15) is 74.6 Å². The average Bonchev–Trinajstić information content (AvgIpc) is 2.96. The molecule has 0 atom stereocenters. The van der Waals surface area contributed by atoms with Gasteiger partial charge in [0.05, 0.1) is 0 Å². The molecule has 0 aliphatic heterocycles. The fourth-order valence-electron chi connectivity index (χ4n) is 4.13. The molecule has 0 aromatic carbocycles. The lowest BCUT2D eigenvalue weighted by Gasteiger charge is -2.43. The van der Waals surface area contributed by atoms with Crippen molar-refractivity contribution in [2.75, 3.05) is 39.6 Å². The summed E-state index contributed by atoms with van der Waals surface area (Å²) in [6.45, 7) is 14.6. The minimum absolute atomic E-state index is 0.420. The van der Waals surface area contributed by atoms with Crippen LogP contribution in [0.25, 0.3) is 0 Å². The number of halogens is 17. The van der Waals surface area contributed by atoms with Crippen LogP contribution in [0.2, 0.25) is 12.1 Å². The molecule has 0 aromatic rings. The Balaban J connectivity index is 0. The lowest BCUT2D eigenvalue weighted by atomic mass is 9.88. The van der Waals surface area contributed by atoms with Crippen molar-refractivity contribution in [3.8, 4) is 0 Å². The second-order valence-electron chi connectivity index (χ2n) is 10.7. The number of hydrogen-bond donors (Lipinski definition) is 0. The van der Waals surface area contributed by atoms with Gasteiger partial charge in [0.15, 0.2) is 0 Å². The van der Waals surface area contributed by atoms with E-state index in [1.165, 1.54) is 20.8 Å². The molecule has 25 heteroatoms. The zero-order valence-corrected chi connectivity index (χ0v) is 30.8. The van der Waals surface area contributed by atoms with Crippen molar-refractivity contribution in [1.82, 2.24) is 0 Å². The van der Waals surface area contributed by atoms with Crippen LogP contribution in [0.1, 0.15) is 61.8 Å². The predicted molar refractivity (Wildman–Crippen MR) is 151 cm³/mol. The Morgan fingerprint density at radius 2 is 0.647 bits per heavy atom. The standard InChI is InChI=1S/C16H19F17O3Si.C10H24O3Si/c1-4-34-37(35-5-2,36-6-3)8-7-9(17,18)10(19,20)11(21,22)12(23,24)13(25,26)14(27,28)15(29,30)16(31,32)33;1-6-11-14(12-7-2,13-8-3)9-10(4)5/h4-8H2,1-3H3;10H,6-9H2,1-5H3. The van der Waals surface area contributed by atoms with Gasteiger partial charge in [-0.25, -0.2) is 0 Å². The molecule has 0 spiro atoms. The van der Waals surface area contributed by atoms with Gasteiger partial charge < -0.3 is 26.6 Å². The van der Waals surface area contributed by atoms with Gasteiger partial charge in [-0.1, -0.05) is 13.8 Å². The highest BCUT2D eigenvalue weighted by Crippen LogP contribution is 2.64. The molecule has 0 bridgehead atoms. The van der Waals surface area contributed by atoms with Gasteiger partial charge in [-0.3, -0.25) is 0 Å². The van der Waals surface area contributed by atoms with Crippen molar-refractivity contribution in [2.24, 2.45) is 5.92 Å². The first-order chi connectivity index (χ1) is 22.7. The third-order valence-electron chi connectivity index (χ3n) is 6.38. The molecule has 310 valence electrons. The van der Waals surface area contributed by atoms with E-state index in [1.54, 1.807) is 0 Å². The molecule has 0 fully saturated rings. The smallest absolute Gasteiger partial charge is 0.374 e. The fourth-order valence-corrected chi connectivity index (χ4v) is 9.67. The minimum Gasteiger partial charge on any atom is -0.374 e. The maximum absolute atomic E-state index is 14.1. The third kappa shape index (κ3) is 11.3. The van der Waals surface area contributed by atoms with E-state index in [4.69, 9.17) is 26.6 Å². The summed E-state index contributed by atoms with van der Waals surface area (Å²) >= 11 is 0. The second-order valence-corrected chi connectivity index (χ2v) is 16.1. The molecule has 6 nitrogen and oxygen atoms in total. The van der Waals surface area contributed by atoms with Gasteiger partial charge in [-0.15, -0.1) is 0 Å². The van der Waals surface area contributed by atoms with Crippen LogP contribution >= 0.6 is 0 Å². The van der Waals surface area contributed by atoms with Crippen molar-refractivity contribution < 1.29 is 101 Å². The largest absolute Gasteiger partial charge is 0.501 e. The summed E-state index contributed by atoms with van der Waals surface area (Å²) in [6, 6.07) is -0.659. The van der Waals surface area contributed by atoms with E-state index in [0.717, 1.165) is 6.04 Å². The van der Waals surface area contributed by atoms with E-state index in [0.29, 0.717) is 25.7 Å². The summed E-state index contributed by atoms with van der Waals surface area (Å²) in [5.41, 5.74) is 0. The third-order valence-corrected chi connectivity index (χ3v) is 12.9. The first-order valence-corrected chi connectivity index (χ1v) is 19.1. The Hall–Kier alpha value is -0.996. The molecule has 0 saturated heterocycles. The lowest BCUT2D eigenvalue weighted by Crippen LogP contribution is -2.74. The van der Waals surface area contributed by atoms with Crippen LogP contribution in [0.3, 0.4) is 0 Å². The van der Waals surface area contributed by atoms with E-state index >= 15 is 0 Å². The molecular weight excluding hydrogens is 787 g/mol. The fraction of sp³-hybridized carbons (Fsp3) is 1.00. The Kier molecular flexibility index (Phi) is 19.5. The van der Waals surface area contributed by atoms with E-state index in [-0.39, 0.29) is 0 Å². The maximum atomic E-state index is 14.1. The Morgan fingerprint density at radius 1 is 0.392 bits per heavy atom. The highest BCUT2D eigenvalue weighted by molar-refractivity contribution is 6.61. The molecule has 0 aliphatic rings. The molecule has 0 N–H and O–H groups in total. The van der Waals surface area contributed by atoms with Gasteiger partial charge in [-0.05, 0) is 47.5 Å². The summed E-state index contributed by atoms with van der Waals surface area (Å²) in [7, 11) is -6.80. The number of alkyl halides is 17. The molecule has 0 radical (unpaired) electrons. The van der Waals surface area contributed by atoms with Crippen LogP contribution in [0.5, 0.6) is 0 Å². The molecule has 0 aromatic heterocycles. The Morgan fingerprint density at radius 3 is 0.902 bits per heavy atom. The molecule has 0 amide bonds. The SMILES string of the molecule is CCO[Si](CC(C)C)(OCC)OCC.CCO[Si](CCC(F)(F)C(F)(F)C(F)(F)C(F)(F)C(F)(F)C(F)(F)C(F)(F)C(F)(F)F)(OCC)OCC. The van der Waals surface area contributed by atoms with Crippen molar-refractivity contribution in [2.45, 2.75) is 122 Å². The highest BCUT2D eigenvalue weighted by atomic mass is 28.4. The minimum atomic E-state index is -8.65. The summed E-state index contributed by atoms with van der Waals surface area (Å²) < 4.78 is 258. The molecule has 0 rings (SSSR count). The Bertz CT molecular complexity index is 983. The molecule has 0 saturated carbocycles. The average molecular weight is 831 g/mol. The van der Waals surface area contributed by atoms with E-state index in [2.05, 4.69) is 13.8 Å². The molecular formula is C26H43F17O6Si2. The van der Waals surface area contributed by atoms with Crippen LogP contribution in [-0.4, -0.2) is 105 Å². The second kappa shape index (κ2) is 19.0. The van der Waals surface area contributed by atoms with Crippen LogP contribution in [0.15, 0.2) is 0 Å². The summed E-state index contributed by atoms with van der Waals surface area (Å²) in [5, 5.41) is 0. The van der Waals surface area contributed by atoms with Gasteiger partial charge in [0.1, 0.15) is 0 Å². The normalized spacial score (nSPS) is 14.9. The first-order valence-electron chi connectivity index (χ1n) is 15.3. The van der Waals surface area contributed by atoms with Crippen LogP contribution in [-0.2, 0) is 26.6 Å². The monoisotopic (exact) mass is 830 g/mol. The van der Waals surface area contributed by atoms with Crippen molar-refractivity contribution >= 4 is 17.6 Å². The molecule has 0 unspecified atom stereocenters. The van der Waals surface area contributed by atoms with Crippen molar-refractivity contribution in [3.05, 3.63) is 0 Å². The van der Waals surface area contributed by atoms with Crippen molar-refractivity contribution in [3.63, 3.8) is 0 Å². The number of rotatable bonds is 23. The lowest BCUT2D eigenvalue weighted by molar-refractivity contribution is -0.461. The highest BCUT2D eigenvalue weighted by Gasteiger charge is 2.95. The summed E-state index contributed by atoms with van der Waals surface area (Å²) in [6.07, 6.45) is -10.4. The van der Waals surface area contributed by atoms with Gasteiger partial charge >= 0.3 is 65.2 Å². The zero-order valence-electron chi connectivity index (χ0n) is 28.8. The maximum Gasteiger partial charge on any atom is 0.501 e. The van der Waals surface area contributed by atoms with E-state index < -0.39 is 97.5 Å². The van der Waals surface area contributed by atoms with Gasteiger partial charge in [0.2, 0.25) is 0 Å². The zero-order chi connectivity index (χ0) is 41.2. The summed E-state index contributed by atoms with van der Waals surface area (Å²) in [5.74, 6) is -56.0. The van der Waals surface area contributed by atoms with Crippen molar-refractivity contribution in [1.29, 1.82) is 0 Å². The van der Waals surface area contributed by atoms with Crippen LogP contribution in [0.4, 0.5) is 74.6 Å². The molecule has 51 heavy (non-hydrogen) atoms. The van der Waals surface area contributed by atoms with E-state index in [1.807, 2.05) is 20.8 Å². The van der Waals surface area contributed by atoms with Gasteiger partial charge in [0, 0.05) is 58.2 Å². The van der Waals surface area contributed by atoms with Crippen LogP contribution < -0.4 is 0 Å². The molecule has 0 heterocycles. The van der Waals surface area contributed by atoms with Gasteiger partial charge in [0.25, 0.3) is 0 Å².